The Balaban J connectivity index is 2.28. The van der Waals surface area contributed by atoms with Crippen molar-refractivity contribution in [3.8, 4) is 0 Å². The van der Waals surface area contributed by atoms with E-state index in [2.05, 4.69) is 4.98 Å². The molecule has 0 unspecified atom stereocenters. The Labute approximate surface area is 92.4 Å². The lowest BCUT2D eigenvalue weighted by Gasteiger charge is -2.02. The number of aromatic nitrogens is 1. The quantitative estimate of drug-likeness (QED) is 0.737. The van der Waals surface area contributed by atoms with Gasteiger partial charge in [0, 0.05) is 16.0 Å². The van der Waals surface area contributed by atoms with E-state index in [1.54, 1.807) is 18.0 Å². The molecular formula is C12H9NOS. The lowest BCUT2D eigenvalue weighted by Crippen LogP contribution is -1.88. The van der Waals surface area contributed by atoms with Crippen molar-refractivity contribution in [1.82, 2.24) is 4.98 Å². The lowest BCUT2D eigenvalue weighted by atomic mass is 10.4. The van der Waals surface area contributed by atoms with Crippen molar-refractivity contribution in [3.05, 3.63) is 54.4 Å². The summed E-state index contributed by atoms with van der Waals surface area (Å²) in [6.45, 7) is 0. The van der Waals surface area contributed by atoms with Gasteiger partial charge in [0.1, 0.15) is 5.69 Å². The molecule has 1 aromatic carbocycles. The Bertz CT molecular complexity index is 456. The Morgan fingerprint density at radius 1 is 1.07 bits per heavy atom. The number of carbonyl (C=O) groups excluding carboxylic acids is 1. The number of rotatable bonds is 3. The van der Waals surface area contributed by atoms with Crippen LogP contribution in [0.15, 0.2) is 58.5 Å². The van der Waals surface area contributed by atoms with Crippen molar-refractivity contribution >= 4 is 18.0 Å². The summed E-state index contributed by atoms with van der Waals surface area (Å²) in [5.41, 5.74) is 0.492. The third kappa shape index (κ3) is 2.44. The molecule has 0 atom stereocenters. The highest BCUT2D eigenvalue weighted by Gasteiger charge is 2.03. The van der Waals surface area contributed by atoms with E-state index in [0.29, 0.717) is 5.69 Å². The maximum absolute atomic E-state index is 10.7. The van der Waals surface area contributed by atoms with Crippen LogP contribution in [0.25, 0.3) is 0 Å². The van der Waals surface area contributed by atoms with E-state index in [0.717, 1.165) is 16.1 Å². The number of nitrogens with zero attached hydrogens (tertiary/aromatic N) is 1. The molecule has 0 spiro atoms. The first kappa shape index (κ1) is 9.93. The summed E-state index contributed by atoms with van der Waals surface area (Å²) >= 11 is 1.55. The Morgan fingerprint density at radius 2 is 1.87 bits per heavy atom. The molecule has 0 saturated heterocycles. The van der Waals surface area contributed by atoms with E-state index in [-0.39, 0.29) is 0 Å². The van der Waals surface area contributed by atoms with Gasteiger partial charge in [0.05, 0.1) is 0 Å². The van der Waals surface area contributed by atoms with Crippen LogP contribution in [0.3, 0.4) is 0 Å². The molecule has 0 aliphatic rings. The monoisotopic (exact) mass is 215 g/mol. The van der Waals surface area contributed by atoms with Crippen molar-refractivity contribution in [2.24, 2.45) is 0 Å². The number of carbonyl (C=O) groups is 1. The summed E-state index contributed by atoms with van der Waals surface area (Å²) in [5, 5.41) is 0. The number of hydrogen-bond donors (Lipinski definition) is 0. The van der Waals surface area contributed by atoms with Crippen LogP contribution >= 0.6 is 11.8 Å². The molecular weight excluding hydrogens is 206 g/mol. The van der Waals surface area contributed by atoms with Gasteiger partial charge in [0.15, 0.2) is 6.29 Å². The van der Waals surface area contributed by atoms with Gasteiger partial charge in [0.2, 0.25) is 0 Å². The molecule has 0 aliphatic carbocycles. The highest BCUT2D eigenvalue weighted by molar-refractivity contribution is 7.99. The molecule has 1 heterocycles. The number of aldehydes is 1. The Morgan fingerprint density at radius 3 is 2.60 bits per heavy atom. The van der Waals surface area contributed by atoms with Crippen LogP contribution in [0.5, 0.6) is 0 Å². The number of benzene rings is 1. The molecule has 2 rings (SSSR count). The molecule has 1 aromatic heterocycles. The zero-order valence-electron chi connectivity index (χ0n) is 7.96. The molecule has 0 aliphatic heterocycles. The summed E-state index contributed by atoms with van der Waals surface area (Å²) in [6, 6.07) is 13.7. The molecule has 15 heavy (non-hydrogen) atoms. The van der Waals surface area contributed by atoms with Crippen molar-refractivity contribution < 1.29 is 4.79 Å². The summed E-state index contributed by atoms with van der Waals surface area (Å²) < 4.78 is 0. The first-order valence-corrected chi connectivity index (χ1v) is 5.35. The molecule has 2 nitrogen and oxygen atoms in total. The van der Waals surface area contributed by atoms with E-state index in [1.807, 2.05) is 42.5 Å². The van der Waals surface area contributed by atoms with Crippen LogP contribution in [0.2, 0.25) is 0 Å². The third-order valence-corrected chi connectivity index (χ3v) is 2.96. The molecule has 0 bridgehead atoms. The van der Waals surface area contributed by atoms with E-state index < -0.39 is 0 Å². The average molecular weight is 215 g/mol. The van der Waals surface area contributed by atoms with Crippen molar-refractivity contribution in [2.75, 3.05) is 0 Å². The zero-order chi connectivity index (χ0) is 10.5. The predicted octanol–water partition coefficient (Wildman–Crippen LogP) is 3.05. The second kappa shape index (κ2) is 4.75. The fourth-order valence-corrected chi connectivity index (χ4v) is 2.09. The second-order valence-corrected chi connectivity index (χ2v) is 4.04. The van der Waals surface area contributed by atoms with Gasteiger partial charge in [0.25, 0.3) is 0 Å². The van der Waals surface area contributed by atoms with Crippen molar-refractivity contribution in [3.63, 3.8) is 0 Å². The topological polar surface area (TPSA) is 30.0 Å². The SMILES string of the molecule is O=Cc1ncccc1Sc1ccccc1. The van der Waals surface area contributed by atoms with Crippen LogP contribution in [0, 0.1) is 0 Å². The van der Waals surface area contributed by atoms with Gasteiger partial charge in [-0.05, 0) is 24.3 Å². The molecule has 0 N–H and O–H groups in total. The largest absolute Gasteiger partial charge is 0.296 e. The van der Waals surface area contributed by atoms with Crippen LogP contribution in [0.4, 0.5) is 0 Å². The highest BCUT2D eigenvalue weighted by atomic mass is 32.2. The first-order valence-electron chi connectivity index (χ1n) is 4.53. The van der Waals surface area contributed by atoms with Crippen LogP contribution < -0.4 is 0 Å². The van der Waals surface area contributed by atoms with Gasteiger partial charge in [-0.1, -0.05) is 30.0 Å². The normalized spacial score (nSPS) is 9.87. The summed E-state index contributed by atoms with van der Waals surface area (Å²) in [6.07, 6.45) is 2.41. The summed E-state index contributed by atoms with van der Waals surface area (Å²) in [5.74, 6) is 0. The van der Waals surface area contributed by atoms with Gasteiger partial charge in [-0.2, -0.15) is 0 Å². The fourth-order valence-electron chi connectivity index (χ4n) is 1.19. The molecule has 74 valence electrons. The summed E-state index contributed by atoms with van der Waals surface area (Å²) in [7, 11) is 0. The molecule has 0 fully saturated rings. The smallest absolute Gasteiger partial charge is 0.169 e. The van der Waals surface area contributed by atoms with Gasteiger partial charge in [-0.25, -0.2) is 0 Å². The van der Waals surface area contributed by atoms with E-state index in [1.165, 1.54) is 0 Å². The standard InChI is InChI=1S/C12H9NOS/c14-9-11-12(7-4-8-13-11)15-10-5-2-1-3-6-10/h1-9H. The minimum absolute atomic E-state index is 0.492. The summed E-state index contributed by atoms with van der Waals surface area (Å²) in [4.78, 5) is 16.7. The highest BCUT2D eigenvalue weighted by Crippen LogP contribution is 2.28. The van der Waals surface area contributed by atoms with E-state index in [9.17, 15) is 4.79 Å². The molecule has 3 heteroatoms. The number of hydrogen-bond acceptors (Lipinski definition) is 3. The van der Waals surface area contributed by atoms with Gasteiger partial charge in [-0.15, -0.1) is 0 Å². The van der Waals surface area contributed by atoms with Gasteiger partial charge < -0.3 is 0 Å². The molecule has 0 radical (unpaired) electrons. The predicted molar refractivity (Wildman–Crippen MR) is 60.2 cm³/mol. The van der Waals surface area contributed by atoms with Crippen molar-refractivity contribution in [2.45, 2.75) is 9.79 Å². The third-order valence-electron chi connectivity index (χ3n) is 1.88. The van der Waals surface area contributed by atoms with Gasteiger partial charge in [-0.3, -0.25) is 9.78 Å². The second-order valence-electron chi connectivity index (χ2n) is 2.92. The minimum atomic E-state index is 0.492. The molecule has 0 saturated carbocycles. The molecule has 0 amide bonds. The maximum atomic E-state index is 10.7. The lowest BCUT2D eigenvalue weighted by molar-refractivity contribution is 0.111. The number of pyridine rings is 1. The van der Waals surface area contributed by atoms with Crippen LogP contribution in [0.1, 0.15) is 10.5 Å². The first-order chi connectivity index (χ1) is 7.40. The molecule has 2 aromatic rings. The minimum Gasteiger partial charge on any atom is -0.296 e. The van der Waals surface area contributed by atoms with Crippen molar-refractivity contribution in [1.29, 1.82) is 0 Å². The Kier molecular flexibility index (Phi) is 3.15. The van der Waals surface area contributed by atoms with Crippen LogP contribution in [-0.4, -0.2) is 11.3 Å². The van der Waals surface area contributed by atoms with E-state index in [4.69, 9.17) is 0 Å². The maximum Gasteiger partial charge on any atom is 0.169 e. The Hall–Kier alpha value is -1.61. The van der Waals surface area contributed by atoms with Crippen LogP contribution in [-0.2, 0) is 0 Å². The van der Waals surface area contributed by atoms with E-state index >= 15 is 0 Å². The zero-order valence-corrected chi connectivity index (χ0v) is 8.78. The van der Waals surface area contributed by atoms with Gasteiger partial charge >= 0.3 is 0 Å². The fraction of sp³-hybridized carbons (Fsp3) is 0. The average Bonchev–Trinajstić information content (AvgIpc) is 2.31.